The fourth-order valence-electron chi connectivity index (χ4n) is 5.11. The van der Waals surface area contributed by atoms with E-state index in [1.165, 1.54) is 6.92 Å². The van der Waals surface area contributed by atoms with Crippen LogP contribution in [0.4, 0.5) is 0 Å². The second-order valence-corrected chi connectivity index (χ2v) is 11.1. The summed E-state index contributed by atoms with van der Waals surface area (Å²) in [7, 11) is 0. The Morgan fingerprint density at radius 3 is 2.61 bits per heavy atom. The molecule has 0 saturated heterocycles. The topological polar surface area (TPSA) is 201 Å². The molecular weight excluding hydrogens is 594 g/mol. The quantitative estimate of drug-likeness (QED) is 0.166. The van der Waals surface area contributed by atoms with Gasteiger partial charge in [0.1, 0.15) is 43.4 Å². The Labute approximate surface area is 264 Å². The Hall–Kier alpha value is -5.08. The molecule has 4 atom stereocenters. The van der Waals surface area contributed by atoms with Crippen molar-refractivity contribution in [1.82, 2.24) is 36.2 Å². The van der Waals surface area contributed by atoms with Gasteiger partial charge in [-0.25, -0.2) is 9.97 Å². The summed E-state index contributed by atoms with van der Waals surface area (Å²) in [5.41, 5.74) is 2.39. The maximum absolute atomic E-state index is 13.7. The summed E-state index contributed by atoms with van der Waals surface area (Å²) in [4.78, 5) is 64.2. The van der Waals surface area contributed by atoms with Gasteiger partial charge in [-0.3, -0.25) is 19.2 Å². The van der Waals surface area contributed by atoms with Crippen molar-refractivity contribution in [3.63, 3.8) is 0 Å². The molecule has 242 valence electrons. The van der Waals surface area contributed by atoms with E-state index >= 15 is 0 Å². The Morgan fingerprint density at radius 1 is 1.04 bits per heavy atom. The number of rotatable bonds is 8. The highest BCUT2D eigenvalue weighted by molar-refractivity contribution is 5.96. The van der Waals surface area contributed by atoms with Gasteiger partial charge in [-0.15, -0.1) is 0 Å². The number of benzene rings is 2. The third-order valence-corrected chi connectivity index (χ3v) is 7.48. The minimum atomic E-state index is -1.22. The van der Waals surface area contributed by atoms with Crippen molar-refractivity contribution in [1.29, 1.82) is 0 Å². The molecule has 0 radical (unpaired) electrons. The number of aliphatic hydroxyl groups excluding tert-OH is 1. The van der Waals surface area contributed by atoms with Gasteiger partial charge in [0.2, 0.25) is 23.6 Å². The van der Waals surface area contributed by atoms with Crippen molar-refractivity contribution in [3.05, 3.63) is 83.8 Å². The highest BCUT2D eigenvalue weighted by Crippen LogP contribution is 2.20. The number of amides is 4. The Bertz CT molecular complexity index is 1620. The number of nitrogens with zero attached hydrogens (tertiary/aromatic N) is 2. The molecule has 1 aliphatic rings. The van der Waals surface area contributed by atoms with E-state index in [0.717, 1.165) is 22.9 Å². The lowest BCUT2D eigenvalue weighted by atomic mass is 10.0. The molecule has 2 aromatic heterocycles. The number of ether oxygens (including phenoxy) is 1. The predicted octanol–water partition coefficient (Wildman–Crippen LogP) is 1.43. The van der Waals surface area contributed by atoms with Crippen molar-refractivity contribution in [2.75, 3.05) is 13.2 Å². The number of oxazole rings is 1. The highest BCUT2D eigenvalue weighted by atomic mass is 16.5. The first-order chi connectivity index (χ1) is 22.3. The first-order valence-corrected chi connectivity index (χ1v) is 15.1. The van der Waals surface area contributed by atoms with E-state index in [4.69, 9.17) is 9.15 Å². The number of para-hydroxylation sites is 2. The average Bonchev–Trinajstić information content (AvgIpc) is 3.70. The average molecular weight is 632 g/mol. The van der Waals surface area contributed by atoms with Gasteiger partial charge in [-0.1, -0.05) is 42.5 Å². The SMILES string of the molecule is C[C@@H](O)[C@@H]1NC(=O)c2coc(n2)[C@H](Cc2ccccc2)NC(=O)[C@@H](NC(=O)COCc2nc3ccccc3[nH]2)CCCCNC1=O. The van der Waals surface area contributed by atoms with Crippen LogP contribution in [-0.4, -0.2) is 75.0 Å². The van der Waals surface area contributed by atoms with Crippen LogP contribution in [0.25, 0.3) is 11.0 Å². The predicted molar refractivity (Wildman–Crippen MR) is 165 cm³/mol. The third-order valence-electron chi connectivity index (χ3n) is 7.48. The summed E-state index contributed by atoms with van der Waals surface area (Å²) >= 11 is 0. The highest BCUT2D eigenvalue weighted by Gasteiger charge is 2.30. The van der Waals surface area contributed by atoms with Gasteiger partial charge in [0.05, 0.1) is 17.1 Å². The minimum Gasteiger partial charge on any atom is -0.446 e. The van der Waals surface area contributed by atoms with E-state index in [-0.39, 0.29) is 44.2 Å². The van der Waals surface area contributed by atoms with Crippen LogP contribution in [0.3, 0.4) is 0 Å². The standard InChI is InChI=1S/C32H37N7O7/c1-19(40)28-31(44)33-14-8-7-13-23(36-27(41)18-45-17-26-34-21-11-5-6-12-22(21)35-26)29(42)37-24(15-20-9-3-2-4-10-20)32-38-25(16-46-32)30(43)39-28/h2-6,9-12,16,19,23-24,28,40H,7-8,13-15,17-18H2,1H3,(H,33,44)(H,34,35)(H,36,41)(H,37,42)(H,39,43)/t19-,23+,24+,28+/m1/s1. The number of nitrogens with one attached hydrogen (secondary N) is 5. The van der Waals surface area contributed by atoms with Crippen LogP contribution < -0.4 is 21.3 Å². The molecule has 2 bridgehead atoms. The molecule has 6 N–H and O–H groups in total. The molecule has 14 heteroatoms. The summed E-state index contributed by atoms with van der Waals surface area (Å²) in [5.74, 6) is -1.62. The molecule has 2 aromatic carbocycles. The monoisotopic (exact) mass is 631 g/mol. The molecular formula is C32H37N7O7. The van der Waals surface area contributed by atoms with Crippen molar-refractivity contribution in [3.8, 4) is 0 Å². The van der Waals surface area contributed by atoms with E-state index in [1.54, 1.807) is 0 Å². The van der Waals surface area contributed by atoms with Gasteiger partial charge in [0.25, 0.3) is 5.91 Å². The van der Waals surface area contributed by atoms with E-state index in [9.17, 15) is 24.3 Å². The van der Waals surface area contributed by atoms with Crippen LogP contribution in [0.2, 0.25) is 0 Å². The molecule has 0 aliphatic carbocycles. The van der Waals surface area contributed by atoms with Crippen molar-refractivity contribution in [2.45, 2.75) is 63.4 Å². The number of fused-ring (bicyclic) bond motifs is 3. The van der Waals surface area contributed by atoms with Crippen LogP contribution in [0, 0.1) is 0 Å². The third kappa shape index (κ3) is 8.55. The number of aromatic amines is 1. The molecule has 4 aromatic rings. The molecule has 3 heterocycles. The van der Waals surface area contributed by atoms with Gasteiger partial charge in [-0.2, -0.15) is 0 Å². The summed E-state index contributed by atoms with van der Waals surface area (Å²) in [6, 6.07) is 13.9. The van der Waals surface area contributed by atoms with Crippen LogP contribution in [0.15, 0.2) is 65.3 Å². The van der Waals surface area contributed by atoms with E-state index in [0.29, 0.717) is 18.7 Å². The zero-order valence-electron chi connectivity index (χ0n) is 25.3. The number of carbonyl (C=O) groups is 4. The molecule has 0 saturated carbocycles. The fraction of sp³-hybridized carbons (Fsp3) is 0.375. The van der Waals surface area contributed by atoms with Gasteiger partial charge >= 0.3 is 0 Å². The van der Waals surface area contributed by atoms with Crippen LogP contribution in [-0.2, 0) is 32.1 Å². The largest absolute Gasteiger partial charge is 0.446 e. The van der Waals surface area contributed by atoms with E-state index in [1.807, 2.05) is 54.6 Å². The number of H-pyrrole nitrogens is 1. The fourth-order valence-corrected chi connectivity index (χ4v) is 5.11. The summed E-state index contributed by atoms with van der Waals surface area (Å²) in [6.07, 6.45) is 1.45. The van der Waals surface area contributed by atoms with Crippen LogP contribution >= 0.6 is 0 Å². The molecule has 5 rings (SSSR count). The number of imidazole rings is 1. The van der Waals surface area contributed by atoms with Gasteiger partial charge in [-0.05, 0) is 43.9 Å². The lowest BCUT2D eigenvalue weighted by Gasteiger charge is -2.23. The Morgan fingerprint density at radius 2 is 1.83 bits per heavy atom. The number of aromatic nitrogens is 3. The second kappa shape index (κ2) is 15.3. The number of carbonyl (C=O) groups excluding carboxylic acids is 4. The molecule has 4 amide bonds. The number of hydrogen-bond acceptors (Lipinski definition) is 9. The number of aliphatic hydroxyl groups is 1. The molecule has 0 spiro atoms. The first-order valence-electron chi connectivity index (χ1n) is 15.1. The minimum absolute atomic E-state index is 0.0618. The van der Waals surface area contributed by atoms with Crippen LogP contribution in [0.5, 0.6) is 0 Å². The molecule has 1 aliphatic heterocycles. The normalized spacial score (nSPS) is 20.4. The van der Waals surface area contributed by atoms with E-state index < -0.39 is 47.9 Å². The van der Waals surface area contributed by atoms with Gasteiger partial charge in [0, 0.05) is 13.0 Å². The molecule has 14 nitrogen and oxygen atoms in total. The Balaban J connectivity index is 1.31. The lowest BCUT2D eigenvalue weighted by Crippen LogP contribution is -2.52. The molecule has 0 fully saturated rings. The van der Waals surface area contributed by atoms with Crippen LogP contribution in [0.1, 0.15) is 60.0 Å². The Kier molecular flexibility index (Phi) is 10.7. The van der Waals surface area contributed by atoms with Crippen molar-refractivity contribution in [2.24, 2.45) is 0 Å². The van der Waals surface area contributed by atoms with Gasteiger partial charge < -0.3 is 40.5 Å². The van der Waals surface area contributed by atoms with E-state index in [2.05, 4.69) is 36.2 Å². The van der Waals surface area contributed by atoms with Crippen molar-refractivity contribution < 1.29 is 33.4 Å². The summed E-state index contributed by atoms with van der Waals surface area (Å²) in [6.45, 7) is 1.40. The second-order valence-electron chi connectivity index (χ2n) is 11.1. The lowest BCUT2D eigenvalue weighted by molar-refractivity contribution is -0.132. The number of hydrogen-bond donors (Lipinski definition) is 6. The van der Waals surface area contributed by atoms with Crippen molar-refractivity contribution >= 4 is 34.7 Å². The maximum atomic E-state index is 13.7. The smallest absolute Gasteiger partial charge is 0.273 e. The maximum Gasteiger partial charge on any atom is 0.273 e. The first kappa shape index (κ1) is 32.3. The molecule has 46 heavy (non-hydrogen) atoms. The zero-order chi connectivity index (χ0) is 32.5. The van der Waals surface area contributed by atoms with Gasteiger partial charge in [0.15, 0.2) is 5.69 Å². The summed E-state index contributed by atoms with van der Waals surface area (Å²) < 4.78 is 11.2. The molecule has 0 unspecified atom stereocenters. The summed E-state index contributed by atoms with van der Waals surface area (Å²) in [5, 5.41) is 21.1. The zero-order valence-corrected chi connectivity index (χ0v) is 25.3.